The third-order valence-electron chi connectivity index (χ3n) is 2.54. The van der Waals surface area contributed by atoms with Gasteiger partial charge in [0.15, 0.2) is 0 Å². The average molecular weight is 204 g/mol. The molecule has 0 unspecified atom stereocenters. The maximum Gasteiger partial charge on any atom is 0.254 e. The van der Waals surface area contributed by atoms with E-state index in [2.05, 4.69) is 5.32 Å². The number of rotatable bonds is 3. The van der Waals surface area contributed by atoms with Gasteiger partial charge >= 0.3 is 0 Å². The lowest BCUT2D eigenvalue weighted by Crippen LogP contribution is -2.17. The lowest BCUT2D eigenvalue weighted by molar-refractivity contribution is -0.109. The molecule has 0 atom stereocenters. The Balaban J connectivity index is 2.25. The smallest absolute Gasteiger partial charge is 0.254 e. The molecule has 0 fully saturated rings. The Kier molecular flexibility index (Phi) is 2.41. The predicted molar refractivity (Wildman–Crippen MR) is 55.1 cm³/mol. The number of benzene rings is 1. The van der Waals surface area contributed by atoms with Crippen molar-refractivity contribution in [1.82, 2.24) is 10.2 Å². The molecule has 4 nitrogen and oxygen atoms in total. The van der Waals surface area contributed by atoms with Crippen LogP contribution in [0.3, 0.4) is 0 Å². The zero-order valence-electron chi connectivity index (χ0n) is 8.49. The summed E-state index contributed by atoms with van der Waals surface area (Å²) in [6.45, 7) is 1.16. The van der Waals surface area contributed by atoms with E-state index in [1.807, 2.05) is 18.2 Å². The van der Waals surface area contributed by atoms with Crippen molar-refractivity contribution in [3.05, 3.63) is 34.9 Å². The van der Waals surface area contributed by atoms with Crippen molar-refractivity contribution < 1.29 is 9.59 Å². The standard InChI is InChI=1S/C11H12N2O2/c1-13-6-9-4-8(5-12-7-14)2-3-10(9)11(13)15/h2-4,7H,5-6H2,1H3,(H,12,14). The molecule has 1 N–H and O–H groups in total. The molecule has 1 heterocycles. The first kappa shape index (κ1) is 9.71. The van der Waals surface area contributed by atoms with Crippen LogP contribution in [-0.2, 0) is 17.9 Å². The van der Waals surface area contributed by atoms with Gasteiger partial charge in [0, 0.05) is 25.7 Å². The second-order valence-electron chi connectivity index (χ2n) is 3.65. The third-order valence-corrected chi connectivity index (χ3v) is 2.54. The summed E-state index contributed by atoms with van der Waals surface area (Å²) < 4.78 is 0. The largest absolute Gasteiger partial charge is 0.355 e. The van der Waals surface area contributed by atoms with E-state index < -0.39 is 0 Å². The summed E-state index contributed by atoms with van der Waals surface area (Å²) in [7, 11) is 1.78. The summed E-state index contributed by atoms with van der Waals surface area (Å²) in [4.78, 5) is 23.4. The lowest BCUT2D eigenvalue weighted by Gasteiger charge is -2.04. The first-order chi connectivity index (χ1) is 7.22. The zero-order chi connectivity index (χ0) is 10.8. The fraction of sp³-hybridized carbons (Fsp3) is 0.273. The van der Waals surface area contributed by atoms with Crippen molar-refractivity contribution in [2.24, 2.45) is 0 Å². The van der Waals surface area contributed by atoms with E-state index in [4.69, 9.17) is 0 Å². The Morgan fingerprint density at radius 1 is 1.53 bits per heavy atom. The van der Waals surface area contributed by atoms with Crippen LogP contribution < -0.4 is 5.32 Å². The second kappa shape index (κ2) is 3.73. The van der Waals surface area contributed by atoms with Crippen molar-refractivity contribution in [2.45, 2.75) is 13.1 Å². The molecule has 1 aromatic carbocycles. The van der Waals surface area contributed by atoms with E-state index in [0.29, 0.717) is 19.5 Å². The second-order valence-corrected chi connectivity index (χ2v) is 3.65. The van der Waals surface area contributed by atoms with Crippen LogP contribution in [-0.4, -0.2) is 24.3 Å². The number of amides is 2. The lowest BCUT2D eigenvalue weighted by atomic mass is 10.1. The molecule has 0 radical (unpaired) electrons. The number of hydrogen-bond acceptors (Lipinski definition) is 2. The zero-order valence-corrected chi connectivity index (χ0v) is 8.49. The molecule has 0 saturated carbocycles. The monoisotopic (exact) mass is 204 g/mol. The fourth-order valence-electron chi connectivity index (χ4n) is 1.79. The first-order valence-corrected chi connectivity index (χ1v) is 4.76. The van der Waals surface area contributed by atoms with Crippen LogP contribution in [0.5, 0.6) is 0 Å². The molecule has 1 aromatic rings. The highest BCUT2D eigenvalue weighted by atomic mass is 16.2. The molecular formula is C11H12N2O2. The van der Waals surface area contributed by atoms with E-state index in [0.717, 1.165) is 16.7 Å². The van der Waals surface area contributed by atoms with Crippen LogP contribution in [0.2, 0.25) is 0 Å². The highest BCUT2D eigenvalue weighted by Crippen LogP contribution is 2.22. The van der Waals surface area contributed by atoms with Gasteiger partial charge in [-0.25, -0.2) is 0 Å². The SMILES string of the molecule is CN1Cc2cc(CNC=O)ccc2C1=O. The first-order valence-electron chi connectivity index (χ1n) is 4.76. The van der Waals surface area contributed by atoms with Crippen molar-refractivity contribution in [3.8, 4) is 0 Å². The van der Waals surface area contributed by atoms with Crippen molar-refractivity contribution in [1.29, 1.82) is 0 Å². The minimum atomic E-state index is 0.0693. The minimum absolute atomic E-state index is 0.0693. The average Bonchev–Trinajstić information content (AvgIpc) is 2.52. The van der Waals surface area contributed by atoms with Gasteiger partial charge in [-0.3, -0.25) is 9.59 Å². The molecule has 0 aliphatic carbocycles. The third kappa shape index (κ3) is 1.70. The molecule has 0 saturated heterocycles. The van der Waals surface area contributed by atoms with Crippen LogP contribution >= 0.6 is 0 Å². The van der Waals surface area contributed by atoms with Crippen LogP contribution in [0.1, 0.15) is 21.5 Å². The van der Waals surface area contributed by atoms with Crippen molar-refractivity contribution in [2.75, 3.05) is 7.05 Å². The van der Waals surface area contributed by atoms with Gasteiger partial charge in [-0.2, -0.15) is 0 Å². The number of fused-ring (bicyclic) bond motifs is 1. The van der Waals surface area contributed by atoms with Gasteiger partial charge in [0.25, 0.3) is 5.91 Å². The number of carbonyl (C=O) groups excluding carboxylic acids is 2. The van der Waals surface area contributed by atoms with E-state index in [1.54, 1.807) is 11.9 Å². The minimum Gasteiger partial charge on any atom is -0.355 e. The Hall–Kier alpha value is -1.84. The van der Waals surface area contributed by atoms with Crippen molar-refractivity contribution in [3.63, 3.8) is 0 Å². The molecule has 0 spiro atoms. The van der Waals surface area contributed by atoms with E-state index in [1.165, 1.54) is 0 Å². The summed E-state index contributed by atoms with van der Waals surface area (Å²) in [5.74, 6) is 0.0693. The highest BCUT2D eigenvalue weighted by molar-refractivity contribution is 5.98. The molecule has 1 aliphatic heterocycles. The normalized spacial score (nSPS) is 13.9. The molecule has 15 heavy (non-hydrogen) atoms. The molecule has 2 rings (SSSR count). The summed E-state index contributed by atoms with van der Waals surface area (Å²) in [5.41, 5.74) is 2.82. The van der Waals surface area contributed by atoms with Crippen molar-refractivity contribution >= 4 is 12.3 Å². The number of nitrogens with zero attached hydrogens (tertiary/aromatic N) is 1. The topological polar surface area (TPSA) is 49.4 Å². The maximum absolute atomic E-state index is 11.6. The van der Waals surface area contributed by atoms with Crippen LogP contribution in [0, 0.1) is 0 Å². The van der Waals surface area contributed by atoms with Crippen LogP contribution in [0.4, 0.5) is 0 Å². The van der Waals surface area contributed by atoms with Crippen LogP contribution in [0.15, 0.2) is 18.2 Å². The Morgan fingerprint density at radius 3 is 3.07 bits per heavy atom. The highest BCUT2D eigenvalue weighted by Gasteiger charge is 2.23. The molecule has 0 aromatic heterocycles. The Labute approximate surface area is 87.9 Å². The van der Waals surface area contributed by atoms with E-state index in [9.17, 15) is 9.59 Å². The van der Waals surface area contributed by atoms with Crippen LogP contribution in [0.25, 0.3) is 0 Å². The maximum atomic E-state index is 11.6. The number of nitrogens with one attached hydrogen (secondary N) is 1. The quantitative estimate of drug-likeness (QED) is 0.730. The van der Waals surface area contributed by atoms with Gasteiger partial charge in [-0.15, -0.1) is 0 Å². The summed E-state index contributed by atoms with van der Waals surface area (Å²) in [5, 5.41) is 2.60. The summed E-state index contributed by atoms with van der Waals surface area (Å²) >= 11 is 0. The molecule has 1 aliphatic rings. The molecular weight excluding hydrogens is 192 g/mol. The number of carbonyl (C=O) groups is 2. The molecule has 78 valence electrons. The van der Waals surface area contributed by atoms with Gasteiger partial charge in [0.1, 0.15) is 0 Å². The van der Waals surface area contributed by atoms with Gasteiger partial charge in [0.05, 0.1) is 0 Å². The van der Waals surface area contributed by atoms with Gasteiger partial charge in [-0.1, -0.05) is 12.1 Å². The van der Waals surface area contributed by atoms with Gasteiger partial charge in [0.2, 0.25) is 6.41 Å². The van der Waals surface area contributed by atoms with Gasteiger partial charge < -0.3 is 10.2 Å². The molecule has 0 bridgehead atoms. The van der Waals surface area contributed by atoms with Gasteiger partial charge in [-0.05, 0) is 17.2 Å². The predicted octanol–water partition coefficient (Wildman–Crippen LogP) is 0.518. The molecule has 4 heteroatoms. The Bertz CT molecular complexity index is 415. The Morgan fingerprint density at radius 2 is 2.33 bits per heavy atom. The molecule has 2 amide bonds. The number of hydrogen-bond donors (Lipinski definition) is 1. The van der Waals surface area contributed by atoms with E-state index >= 15 is 0 Å². The summed E-state index contributed by atoms with van der Waals surface area (Å²) in [6.07, 6.45) is 0.671. The fourth-order valence-corrected chi connectivity index (χ4v) is 1.79. The summed E-state index contributed by atoms with van der Waals surface area (Å²) in [6, 6.07) is 5.66. The van der Waals surface area contributed by atoms with E-state index in [-0.39, 0.29) is 5.91 Å².